The maximum atomic E-state index is 9.04. The normalized spacial score (nSPS) is 15.4. The number of nitrogens with two attached hydrogens (primary N) is 1. The lowest BCUT2D eigenvalue weighted by Crippen LogP contribution is -2.47. The number of nitrogens with one attached hydrogen (secondary N) is 1. The third kappa shape index (κ3) is 4.07. The summed E-state index contributed by atoms with van der Waals surface area (Å²) in [6, 6.07) is 5.33. The summed E-state index contributed by atoms with van der Waals surface area (Å²) >= 11 is 12.3. The predicted molar refractivity (Wildman–Crippen MR) is 102 cm³/mol. The molecule has 0 aliphatic carbocycles. The molecule has 1 saturated heterocycles. The molecule has 0 amide bonds. The highest BCUT2D eigenvalue weighted by molar-refractivity contribution is 6.43. The molecule has 1 aliphatic heterocycles. The zero-order valence-corrected chi connectivity index (χ0v) is 15.1. The molecule has 2 aromatic rings. The largest absolute Gasteiger partial charge is 0.395 e. The van der Waals surface area contributed by atoms with Crippen molar-refractivity contribution in [2.45, 2.75) is 0 Å². The number of hydrogen-bond acceptors (Lipinski definition) is 7. The van der Waals surface area contributed by atoms with Crippen LogP contribution in [0.5, 0.6) is 0 Å². The lowest BCUT2D eigenvalue weighted by Gasteiger charge is -2.35. The summed E-state index contributed by atoms with van der Waals surface area (Å²) in [6.45, 7) is 4.15. The van der Waals surface area contributed by atoms with Gasteiger partial charge in [0.05, 0.1) is 22.3 Å². The van der Waals surface area contributed by atoms with Gasteiger partial charge in [-0.15, -0.1) is 0 Å². The minimum atomic E-state index is 0.171. The summed E-state index contributed by atoms with van der Waals surface area (Å²) in [7, 11) is 0. The first kappa shape index (κ1) is 18.0. The molecule has 2 heterocycles. The molecule has 0 atom stereocenters. The number of aromatic nitrogens is 2. The van der Waals surface area contributed by atoms with Crippen LogP contribution in [0.3, 0.4) is 0 Å². The van der Waals surface area contributed by atoms with Gasteiger partial charge in [-0.2, -0.15) is 0 Å². The van der Waals surface area contributed by atoms with E-state index in [1.807, 2.05) is 6.07 Å². The van der Waals surface area contributed by atoms with Gasteiger partial charge in [-0.1, -0.05) is 29.3 Å². The molecule has 1 aromatic heterocycles. The SMILES string of the molecule is Nc1c(Nc2cccc(Cl)c2Cl)ncnc1N1CCN(CCO)CC1. The predicted octanol–water partition coefficient (Wildman–Crippen LogP) is 2.22. The van der Waals surface area contributed by atoms with E-state index < -0.39 is 0 Å². The molecule has 7 nitrogen and oxygen atoms in total. The Morgan fingerprint density at radius 2 is 1.92 bits per heavy atom. The van der Waals surface area contributed by atoms with E-state index in [-0.39, 0.29) is 6.61 Å². The van der Waals surface area contributed by atoms with Crippen LogP contribution in [0.25, 0.3) is 0 Å². The van der Waals surface area contributed by atoms with Gasteiger partial charge in [0, 0.05) is 32.7 Å². The van der Waals surface area contributed by atoms with Crippen molar-refractivity contribution in [3.63, 3.8) is 0 Å². The van der Waals surface area contributed by atoms with Crippen LogP contribution in [0, 0.1) is 0 Å². The zero-order chi connectivity index (χ0) is 17.8. The topological polar surface area (TPSA) is 90.5 Å². The number of halogens is 2. The van der Waals surface area contributed by atoms with Crippen molar-refractivity contribution >= 4 is 46.2 Å². The van der Waals surface area contributed by atoms with Crippen LogP contribution in [0.2, 0.25) is 10.0 Å². The second-order valence-electron chi connectivity index (χ2n) is 5.74. The molecule has 0 spiro atoms. The van der Waals surface area contributed by atoms with Crippen LogP contribution in [-0.4, -0.2) is 59.3 Å². The maximum absolute atomic E-state index is 9.04. The fourth-order valence-electron chi connectivity index (χ4n) is 2.79. The van der Waals surface area contributed by atoms with Crippen molar-refractivity contribution in [2.75, 3.05) is 55.3 Å². The van der Waals surface area contributed by atoms with E-state index in [1.54, 1.807) is 12.1 Å². The molecule has 0 radical (unpaired) electrons. The Labute approximate surface area is 156 Å². The third-order valence-corrected chi connectivity index (χ3v) is 4.97. The Morgan fingerprint density at radius 1 is 1.16 bits per heavy atom. The molecule has 3 rings (SSSR count). The van der Waals surface area contributed by atoms with E-state index in [9.17, 15) is 0 Å². The summed E-state index contributed by atoms with van der Waals surface area (Å²) in [6.07, 6.45) is 1.48. The number of piperazine rings is 1. The van der Waals surface area contributed by atoms with Gasteiger partial charge in [0.1, 0.15) is 12.0 Å². The average molecular weight is 383 g/mol. The first-order chi connectivity index (χ1) is 12.1. The average Bonchev–Trinajstić information content (AvgIpc) is 2.62. The van der Waals surface area contributed by atoms with Gasteiger partial charge in [0.2, 0.25) is 0 Å². The summed E-state index contributed by atoms with van der Waals surface area (Å²) < 4.78 is 0. The van der Waals surface area contributed by atoms with E-state index in [4.69, 9.17) is 34.0 Å². The second kappa shape index (κ2) is 8.05. The summed E-state index contributed by atoms with van der Waals surface area (Å²) in [5, 5.41) is 13.0. The number of hydrogen-bond donors (Lipinski definition) is 3. The number of anilines is 4. The smallest absolute Gasteiger partial charge is 0.159 e. The van der Waals surface area contributed by atoms with Crippen LogP contribution < -0.4 is 16.0 Å². The lowest BCUT2D eigenvalue weighted by atomic mass is 10.2. The summed E-state index contributed by atoms with van der Waals surface area (Å²) in [5.41, 5.74) is 7.39. The van der Waals surface area contributed by atoms with Gasteiger partial charge in [-0.05, 0) is 12.1 Å². The Bertz CT molecular complexity index is 737. The van der Waals surface area contributed by atoms with Gasteiger partial charge in [0.15, 0.2) is 11.6 Å². The van der Waals surface area contributed by atoms with E-state index in [0.717, 1.165) is 26.2 Å². The fourth-order valence-corrected chi connectivity index (χ4v) is 3.14. The number of aliphatic hydroxyl groups is 1. The molecule has 0 unspecified atom stereocenters. The van der Waals surface area contributed by atoms with Crippen molar-refractivity contribution < 1.29 is 5.11 Å². The molecule has 1 fully saturated rings. The maximum Gasteiger partial charge on any atom is 0.159 e. The van der Waals surface area contributed by atoms with Crippen molar-refractivity contribution in [3.8, 4) is 0 Å². The molecule has 9 heteroatoms. The van der Waals surface area contributed by atoms with E-state index in [0.29, 0.717) is 39.6 Å². The highest BCUT2D eigenvalue weighted by atomic mass is 35.5. The molecule has 134 valence electrons. The monoisotopic (exact) mass is 382 g/mol. The molecule has 0 bridgehead atoms. The highest BCUT2D eigenvalue weighted by Crippen LogP contribution is 2.34. The van der Waals surface area contributed by atoms with Crippen molar-refractivity contribution in [1.82, 2.24) is 14.9 Å². The molecule has 0 saturated carbocycles. The first-order valence-corrected chi connectivity index (χ1v) is 8.75. The second-order valence-corrected chi connectivity index (χ2v) is 6.52. The quantitative estimate of drug-likeness (QED) is 0.729. The third-order valence-electron chi connectivity index (χ3n) is 4.16. The van der Waals surface area contributed by atoms with Crippen LogP contribution in [-0.2, 0) is 0 Å². The van der Waals surface area contributed by atoms with Crippen LogP contribution in [0.1, 0.15) is 0 Å². The lowest BCUT2D eigenvalue weighted by molar-refractivity contribution is 0.188. The van der Waals surface area contributed by atoms with Crippen LogP contribution in [0.15, 0.2) is 24.5 Å². The van der Waals surface area contributed by atoms with Crippen molar-refractivity contribution in [1.29, 1.82) is 0 Å². The molecular weight excluding hydrogens is 363 g/mol. The molecular formula is C16H20Cl2N6O. The van der Waals surface area contributed by atoms with E-state index >= 15 is 0 Å². The van der Waals surface area contributed by atoms with Crippen molar-refractivity contribution in [3.05, 3.63) is 34.6 Å². The Kier molecular flexibility index (Phi) is 5.80. The zero-order valence-electron chi connectivity index (χ0n) is 13.6. The molecule has 4 N–H and O–H groups in total. The van der Waals surface area contributed by atoms with E-state index in [2.05, 4.69) is 25.1 Å². The molecule has 1 aromatic carbocycles. The Balaban J connectivity index is 1.78. The number of nitrogens with zero attached hydrogens (tertiary/aromatic N) is 4. The molecule has 25 heavy (non-hydrogen) atoms. The Morgan fingerprint density at radius 3 is 2.64 bits per heavy atom. The van der Waals surface area contributed by atoms with Gasteiger partial charge in [-0.3, -0.25) is 4.90 Å². The number of rotatable bonds is 5. The molecule has 1 aliphatic rings. The first-order valence-electron chi connectivity index (χ1n) is 8.00. The summed E-state index contributed by atoms with van der Waals surface area (Å²) in [4.78, 5) is 12.9. The number of β-amino-alcohol motifs (C(OH)–C–C–N with tert-alkyl or cyclic N) is 1. The number of benzene rings is 1. The Hall–Kier alpha value is -1.80. The van der Waals surface area contributed by atoms with Gasteiger partial charge < -0.3 is 21.1 Å². The van der Waals surface area contributed by atoms with Gasteiger partial charge in [-0.25, -0.2) is 9.97 Å². The highest BCUT2D eigenvalue weighted by Gasteiger charge is 2.21. The number of aliphatic hydroxyl groups excluding tert-OH is 1. The minimum Gasteiger partial charge on any atom is -0.395 e. The van der Waals surface area contributed by atoms with Crippen LogP contribution >= 0.6 is 23.2 Å². The van der Waals surface area contributed by atoms with Gasteiger partial charge >= 0.3 is 0 Å². The summed E-state index contributed by atoms with van der Waals surface area (Å²) in [5.74, 6) is 1.19. The minimum absolute atomic E-state index is 0.171. The van der Waals surface area contributed by atoms with Crippen LogP contribution in [0.4, 0.5) is 23.0 Å². The number of nitrogen functional groups attached to an aromatic ring is 1. The standard InChI is InChI=1S/C16H20Cl2N6O/c17-11-2-1-3-12(13(11)18)22-15-14(19)16(21-10-20-15)24-6-4-23(5-7-24)8-9-25/h1-3,10,25H,4-9,19H2,(H,20,21,22). The van der Waals surface area contributed by atoms with Crippen molar-refractivity contribution in [2.24, 2.45) is 0 Å². The van der Waals surface area contributed by atoms with Gasteiger partial charge in [0.25, 0.3) is 0 Å². The fraction of sp³-hybridized carbons (Fsp3) is 0.375. The van der Waals surface area contributed by atoms with E-state index in [1.165, 1.54) is 6.33 Å².